The Balaban J connectivity index is 1.64. The van der Waals surface area contributed by atoms with Crippen molar-refractivity contribution in [2.45, 2.75) is 19.4 Å². The highest BCUT2D eigenvalue weighted by Gasteiger charge is 2.33. The molecular formula is C17H17FN4O5S. The van der Waals surface area contributed by atoms with Crippen LogP contribution in [0.25, 0.3) is 0 Å². The Morgan fingerprint density at radius 1 is 1.43 bits per heavy atom. The maximum absolute atomic E-state index is 14.5. The Morgan fingerprint density at radius 3 is 2.86 bits per heavy atom. The first-order valence-corrected chi connectivity index (χ1v) is 9.35. The second kappa shape index (κ2) is 8.38. The van der Waals surface area contributed by atoms with Crippen LogP contribution in [0.15, 0.2) is 23.3 Å². The highest BCUT2D eigenvalue weighted by molar-refractivity contribution is 8.15. The monoisotopic (exact) mass is 408 g/mol. The normalized spacial score (nSPS) is 19.0. The molecule has 2 heterocycles. The lowest BCUT2D eigenvalue weighted by atomic mass is 10.2. The van der Waals surface area contributed by atoms with E-state index >= 15 is 0 Å². The number of rotatable bonds is 6. The van der Waals surface area contributed by atoms with Gasteiger partial charge in [0.1, 0.15) is 22.7 Å². The van der Waals surface area contributed by atoms with Crippen molar-refractivity contribution in [1.82, 2.24) is 10.7 Å². The van der Waals surface area contributed by atoms with Crippen molar-refractivity contribution >= 4 is 46.2 Å². The van der Waals surface area contributed by atoms with Crippen LogP contribution in [0, 0.1) is 5.82 Å². The summed E-state index contributed by atoms with van der Waals surface area (Å²) in [5.41, 5.74) is 2.81. The SMILES string of the molecule is CC(=O)CC(=O)NC[C@H]1CN(c2ccc(C3=NNC(=O)CS3)c(F)c2)C(=O)O1. The second-order valence-electron chi connectivity index (χ2n) is 6.20. The van der Waals surface area contributed by atoms with Crippen LogP contribution in [-0.4, -0.2) is 53.7 Å². The van der Waals surface area contributed by atoms with Gasteiger partial charge in [0.05, 0.1) is 31.0 Å². The molecule has 0 saturated carbocycles. The summed E-state index contributed by atoms with van der Waals surface area (Å²) >= 11 is 1.12. The molecule has 11 heteroatoms. The van der Waals surface area contributed by atoms with Crippen LogP contribution < -0.4 is 15.6 Å². The zero-order valence-corrected chi connectivity index (χ0v) is 15.7. The Labute approximate surface area is 163 Å². The number of Topliss-reactive ketones (excluding diaryl/α,β-unsaturated/α-hetero) is 1. The molecule has 0 radical (unpaired) electrons. The molecule has 1 atom stereocenters. The summed E-state index contributed by atoms with van der Waals surface area (Å²) in [5.74, 6) is -1.42. The van der Waals surface area contributed by atoms with Gasteiger partial charge in [-0.3, -0.25) is 19.3 Å². The predicted molar refractivity (Wildman–Crippen MR) is 99.5 cm³/mol. The van der Waals surface area contributed by atoms with Crippen LogP contribution in [0.2, 0.25) is 0 Å². The van der Waals surface area contributed by atoms with E-state index in [9.17, 15) is 23.6 Å². The molecule has 28 heavy (non-hydrogen) atoms. The molecule has 0 spiro atoms. The molecule has 1 fully saturated rings. The third-order valence-corrected chi connectivity index (χ3v) is 4.92. The number of nitrogens with zero attached hydrogens (tertiary/aromatic N) is 2. The number of amides is 3. The highest BCUT2D eigenvalue weighted by Crippen LogP contribution is 2.26. The van der Waals surface area contributed by atoms with Crippen LogP contribution in [0.4, 0.5) is 14.9 Å². The number of cyclic esters (lactones) is 1. The minimum atomic E-state index is -0.658. The number of hydrogen-bond donors (Lipinski definition) is 2. The van der Waals surface area contributed by atoms with Gasteiger partial charge in [0, 0.05) is 5.56 Å². The number of halogens is 1. The third kappa shape index (κ3) is 4.66. The van der Waals surface area contributed by atoms with E-state index in [0.717, 1.165) is 11.8 Å². The fourth-order valence-corrected chi connectivity index (χ4v) is 3.41. The lowest BCUT2D eigenvalue weighted by molar-refractivity contribution is -0.127. The Bertz CT molecular complexity index is 875. The zero-order valence-electron chi connectivity index (χ0n) is 14.9. The van der Waals surface area contributed by atoms with Gasteiger partial charge in [-0.05, 0) is 25.1 Å². The number of carbonyl (C=O) groups is 4. The van der Waals surface area contributed by atoms with Crippen LogP contribution in [-0.2, 0) is 19.1 Å². The molecule has 1 aromatic carbocycles. The highest BCUT2D eigenvalue weighted by atomic mass is 32.2. The zero-order chi connectivity index (χ0) is 20.3. The molecule has 0 aliphatic carbocycles. The summed E-state index contributed by atoms with van der Waals surface area (Å²) in [6.45, 7) is 1.49. The molecule has 2 N–H and O–H groups in total. The van der Waals surface area contributed by atoms with E-state index in [1.165, 1.54) is 24.0 Å². The molecule has 2 aliphatic rings. The molecule has 9 nitrogen and oxygen atoms in total. The van der Waals surface area contributed by atoms with Gasteiger partial charge >= 0.3 is 6.09 Å². The maximum Gasteiger partial charge on any atom is 0.414 e. The number of ether oxygens (including phenoxy) is 1. The van der Waals surface area contributed by atoms with Crippen molar-refractivity contribution in [1.29, 1.82) is 0 Å². The first-order valence-electron chi connectivity index (χ1n) is 8.37. The van der Waals surface area contributed by atoms with Gasteiger partial charge in [-0.25, -0.2) is 14.6 Å². The lowest BCUT2D eigenvalue weighted by Crippen LogP contribution is -2.35. The van der Waals surface area contributed by atoms with Crippen LogP contribution in [0.5, 0.6) is 0 Å². The minimum absolute atomic E-state index is 0.0576. The van der Waals surface area contributed by atoms with Crippen molar-refractivity contribution in [3.05, 3.63) is 29.6 Å². The Kier molecular flexibility index (Phi) is 5.93. The molecule has 3 amide bonds. The van der Waals surface area contributed by atoms with Gasteiger partial charge < -0.3 is 10.1 Å². The van der Waals surface area contributed by atoms with E-state index in [1.807, 2.05) is 0 Å². The Hall–Kier alpha value is -2.95. The summed E-state index contributed by atoms with van der Waals surface area (Å²) in [6, 6.07) is 4.21. The molecule has 0 unspecified atom stereocenters. The van der Waals surface area contributed by atoms with Crippen molar-refractivity contribution < 1.29 is 28.3 Å². The molecular weight excluding hydrogens is 391 g/mol. The molecule has 2 aliphatic heterocycles. The van der Waals surface area contributed by atoms with Gasteiger partial charge in [0.15, 0.2) is 0 Å². The van der Waals surface area contributed by atoms with Gasteiger partial charge in [-0.2, -0.15) is 5.10 Å². The standard InChI is InChI=1S/C17H17FN4O5S/c1-9(23)4-14(24)19-6-11-7-22(17(26)27-11)10-2-3-12(13(18)5-10)16-21-20-15(25)8-28-16/h2-3,5,11H,4,6-8H2,1H3,(H,19,24)(H,20,25)/t11-/m0/s1. The molecule has 148 valence electrons. The third-order valence-electron chi connectivity index (χ3n) is 3.93. The number of hydrazone groups is 1. The number of anilines is 1. The second-order valence-corrected chi connectivity index (χ2v) is 7.17. The van der Waals surface area contributed by atoms with E-state index < -0.39 is 23.9 Å². The minimum Gasteiger partial charge on any atom is -0.442 e. The summed E-state index contributed by atoms with van der Waals surface area (Å²) in [6.07, 6.45) is -1.51. The van der Waals surface area contributed by atoms with Gasteiger partial charge in [-0.1, -0.05) is 11.8 Å². The van der Waals surface area contributed by atoms with E-state index in [0.29, 0.717) is 10.7 Å². The summed E-state index contributed by atoms with van der Waals surface area (Å²) in [5, 5.41) is 6.70. The summed E-state index contributed by atoms with van der Waals surface area (Å²) in [4.78, 5) is 46.9. The fourth-order valence-electron chi connectivity index (χ4n) is 2.65. The van der Waals surface area contributed by atoms with Crippen molar-refractivity contribution in [3.63, 3.8) is 0 Å². The quantitative estimate of drug-likeness (QED) is 0.672. The van der Waals surface area contributed by atoms with E-state index in [4.69, 9.17) is 4.74 Å². The largest absolute Gasteiger partial charge is 0.442 e. The van der Waals surface area contributed by atoms with Crippen LogP contribution >= 0.6 is 11.8 Å². The topological polar surface area (TPSA) is 117 Å². The molecule has 0 aromatic heterocycles. The summed E-state index contributed by atoms with van der Waals surface area (Å²) in [7, 11) is 0. The molecule has 1 aromatic rings. The average Bonchev–Trinajstić information content (AvgIpc) is 3.01. The number of nitrogens with one attached hydrogen (secondary N) is 2. The van der Waals surface area contributed by atoms with E-state index in [-0.39, 0.29) is 42.5 Å². The molecule has 0 bridgehead atoms. The van der Waals surface area contributed by atoms with Crippen molar-refractivity contribution in [3.8, 4) is 0 Å². The van der Waals surface area contributed by atoms with E-state index in [1.54, 1.807) is 6.07 Å². The van der Waals surface area contributed by atoms with Crippen LogP contribution in [0.3, 0.4) is 0 Å². The smallest absolute Gasteiger partial charge is 0.414 e. The lowest BCUT2D eigenvalue weighted by Gasteiger charge is -2.16. The van der Waals surface area contributed by atoms with E-state index in [2.05, 4.69) is 15.8 Å². The first-order chi connectivity index (χ1) is 13.3. The number of hydrogen-bond acceptors (Lipinski definition) is 7. The van der Waals surface area contributed by atoms with Gasteiger partial charge in [0.2, 0.25) is 5.91 Å². The van der Waals surface area contributed by atoms with Crippen molar-refractivity contribution in [2.75, 3.05) is 23.7 Å². The maximum atomic E-state index is 14.5. The van der Waals surface area contributed by atoms with Gasteiger partial charge in [-0.15, -0.1) is 0 Å². The van der Waals surface area contributed by atoms with Crippen molar-refractivity contribution in [2.24, 2.45) is 5.10 Å². The number of benzene rings is 1. The number of thioether (sulfide) groups is 1. The summed E-state index contributed by atoms with van der Waals surface area (Å²) < 4.78 is 19.7. The molecule has 1 saturated heterocycles. The molecule has 3 rings (SSSR count). The number of ketones is 1. The fraction of sp³-hybridized carbons (Fsp3) is 0.353. The predicted octanol–water partition coefficient (Wildman–Crippen LogP) is 0.771. The first kappa shape index (κ1) is 19.8. The van der Waals surface area contributed by atoms with Gasteiger partial charge in [0.25, 0.3) is 5.91 Å². The Morgan fingerprint density at radius 2 is 2.21 bits per heavy atom. The number of carbonyl (C=O) groups excluding carboxylic acids is 4. The van der Waals surface area contributed by atoms with Crippen LogP contribution in [0.1, 0.15) is 18.9 Å². The average molecular weight is 408 g/mol.